The molecule has 0 atom stereocenters. The third kappa shape index (κ3) is 8.85. The summed E-state index contributed by atoms with van der Waals surface area (Å²) in [6.07, 6.45) is 6.70. The van der Waals surface area contributed by atoms with Gasteiger partial charge in [-0.3, -0.25) is 4.99 Å². The van der Waals surface area contributed by atoms with E-state index in [1.807, 2.05) is 17.1 Å². The minimum Gasteiger partial charge on any atom is -0.357 e. The second-order valence-corrected chi connectivity index (χ2v) is 4.67. The zero-order valence-electron chi connectivity index (χ0n) is 12.1. The van der Waals surface area contributed by atoms with Crippen molar-refractivity contribution in [3.05, 3.63) is 18.7 Å². The Labute approximate surface area is 133 Å². The Bertz CT molecular complexity index is 335. The quantitative estimate of drug-likeness (QED) is 0.434. The topological polar surface area (TPSA) is 54.2 Å². The molecule has 19 heavy (non-hydrogen) atoms. The predicted molar refractivity (Wildman–Crippen MR) is 91.1 cm³/mol. The molecule has 1 aromatic rings. The Morgan fingerprint density at radius 2 is 2.16 bits per heavy atom. The van der Waals surface area contributed by atoms with Gasteiger partial charge in [0.05, 0.1) is 6.33 Å². The second-order valence-electron chi connectivity index (χ2n) is 4.67. The highest BCUT2D eigenvalue weighted by molar-refractivity contribution is 14.0. The first-order valence-electron chi connectivity index (χ1n) is 6.70. The van der Waals surface area contributed by atoms with Crippen molar-refractivity contribution in [3.8, 4) is 0 Å². The van der Waals surface area contributed by atoms with E-state index in [0.29, 0.717) is 5.92 Å². The van der Waals surface area contributed by atoms with Crippen molar-refractivity contribution in [3.63, 3.8) is 0 Å². The molecular formula is C13H26IN5. The SMILES string of the molecule is CCNC(=NCCC(C)C)NCCn1ccnc1.I. The Kier molecular flexibility index (Phi) is 10.6. The van der Waals surface area contributed by atoms with Crippen LogP contribution in [0.15, 0.2) is 23.7 Å². The van der Waals surface area contributed by atoms with Crippen LogP contribution in [0.2, 0.25) is 0 Å². The molecule has 0 aromatic carbocycles. The van der Waals surface area contributed by atoms with Crippen molar-refractivity contribution in [1.29, 1.82) is 0 Å². The van der Waals surface area contributed by atoms with E-state index in [-0.39, 0.29) is 24.0 Å². The van der Waals surface area contributed by atoms with Crippen LogP contribution in [0.4, 0.5) is 0 Å². The predicted octanol–water partition coefficient (Wildman–Crippen LogP) is 2.10. The van der Waals surface area contributed by atoms with Gasteiger partial charge in [-0.2, -0.15) is 0 Å². The first-order valence-corrected chi connectivity index (χ1v) is 6.70. The van der Waals surface area contributed by atoms with Crippen LogP contribution in [0, 0.1) is 5.92 Å². The first kappa shape index (κ1) is 18.2. The summed E-state index contributed by atoms with van der Waals surface area (Å²) >= 11 is 0. The summed E-state index contributed by atoms with van der Waals surface area (Å²) < 4.78 is 2.05. The Morgan fingerprint density at radius 1 is 1.37 bits per heavy atom. The van der Waals surface area contributed by atoms with E-state index in [9.17, 15) is 0 Å². The number of aliphatic imine (C=N–C) groups is 1. The standard InChI is InChI=1S/C13H25N5.HI/c1-4-15-13(16-6-5-12(2)3)17-8-10-18-9-7-14-11-18;/h7,9,11-12H,4-6,8,10H2,1-3H3,(H2,15,16,17);1H. The minimum absolute atomic E-state index is 0. The van der Waals surface area contributed by atoms with Gasteiger partial charge in [0.15, 0.2) is 5.96 Å². The van der Waals surface area contributed by atoms with Crippen LogP contribution in [0.5, 0.6) is 0 Å². The molecule has 1 aromatic heterocycles. The molecule has 6 heteroatoms. The van der Waals surface area contributed by atoms with Gasteiger partial charge in [0.1, 0.15) is 0 Å². The van der Waals surface area contributed by atoms with E-state index in [1.165, 1.54) is 0 Å². The zero-order chi connectivity index (χ0) is 13.2. The Hall–Kier alpha value is -0.790. The average molecular weight is 379 g/mol. The van der Waals surface area contributed by atoms with E-state index < -0.39 is 0 Å². The monoisotopic (exact) mass is 379 g/mol. The van der Waals surface area contributed by atoms with Crippen LogP contribution >= 0.6 is 24.0 Å². The number of halogens is 1. The number of hydrogen-bond donors (Lipinski definition) is 2. The number of rotatable bonds is 7. The smallest absolute Gasteiger partial charge is 0.191 e. The summed E-state index contributed by atoms with van der Waals surface area (Å²) in [5.74, 6) is 1.60. The third-order valence-electron chi connectivity index (χ3n) is 2.54. The molecule has 0 radical (unpaired) electrons. The molecule has 0 bridgehead atoms. The van der Waals surface area contributed by atoms with Crippen LogP contribution in [-0.2, 0) is 6.54 Å². The summed E-state index contributed by atoms with van der Waals surface area (Å²) in [7, 11) is 0. The van der Waals surface area contributed by atoms with Gasteiger partial charge >= 0.3 is 0 Å². The summed E-state index contributed by atoms with van der Waals surface area (Å²) in [5, 5.41) is 6.57. The van der Waals surface area contributed by atoms with E-state index in [0.717, 1.165) is 38.6 Å². The fourth-order valence-corrected chi connectivity index (χ4v) is 1.50. The van der Waals surface area contributed by atoms with Crippen molar-refractivity contribution in [1.82, 2.24) is 20.2 Å². The van der Waals surface area contributed by atoms with Crippen molar-refractivity contribution in [2.45, 2.75) is 33.7 Å². The molecule has 0 aliphatic rings. The van der Waals surface area contributed by atoms with Gasteiger partial charge in [0, 0.05) is 38.6 Å². The number of aromatic nitrogens is 2. The summed E-state index contributed by atoms with van der Waals surface area (Å²) in [4.78, 5) is 8.56. The molecular weight excluding hydrogens is 353 g/mol. The number of guanidine groups is 1. The molecule has 0 saturated heterocycles. The van der Waals surface area contributed by atoms with Crippen LogP contribution in [0.1, 0.15) is 27.2 Å². The van der Waals surface area contributed by atoms with Crippen LogP contribution < -0.4 is 10.6 Å². The summed E-state index contributed by atoms with van der Waals surface area (Å²) in [6, 6.07) is 0. The number of nitrogens with zero attached hydrogens (tertiary/aromatic N) is 3. The zero-order valence-corrected chi connectivity index (χ0v) is 14.4. The molecule has 5 nitrogen and oxygen atoms in total. The lowest BCUT2D eigenvalue weighted by molar-refractivity contribution is 0.593. The normalized spacial score (nSPS) is 11.3. The summed E-state index contributed by atoms with van der Waals surface area (Å²) in [6.45, 7) is 10.0. The lowest BCUT2D eigenvalue weighted by atomic mass is 10.1. The van der Waals surface area contributed by atoms with Crippen molar-refractivity contribution < 1.29 is 0 Å². The third-order valence-corrected chi connectivity index (χ3v) is 2.54. The molecule has 1 rings (SSSR count). The van der Waals surface area contributed by atoms with Gasteiger partial charge in [-0.25, -0.2) is 4.98 Å². The molecule has 2 N–H and O–H groups in total. The maximum atomic E-state index is 4.54. The molecule has 110 valence electrons. The van der Waals surface area contributed by atoms with Crippen molar-refractivity contribution >= 4 is 29.9 Å². The lowest BCUT2D eigenvalue weighted by Crippen LogP contribution is -2.38. The maximum Gasteiger partial charge on any atom is 0.191 e. The molecule has 0 amide bonds. The highest BCUT2D eigenvalue weighted by Crippen LogP contribution is 1.98. The van der Waals surface area contributed by atoms with Gasteiger partial charge in [-0.1, -0.05) is 13.8 Å². The van der Waals surface area contributed by atoms with Gasteiger partial charge < -0.3 is 15.2 Å². The highest BCUT2D eigenvalue weighted by Gasteiger charge is 1.97. The number of hydrogen-bond acceptors (Lipinski definition) is 2. The first-order chi connectivity index (χ1) is 8.72. The minimum atomic E-state index is 0. The van der Waals surface area contributed by atoms with Gasteiger partial charge in [0.25, 0.3) is 0 Å². The van der Waals surface area contributed by atoms with Gasteiger partial charge in [0.2, 0.25) is 0 Å². The van der Waals surface area contributed by atoms with Gasteiger partial charge in [-0.15, -0.1) is 24.0 Å². The molecule has 1 heterocycles. The lowest BCUT2D eigenvalue weighted by Gasteiger charge is -2.11. The Balaban J connectivity index is 0.00000324. The Morgan fingerprint density at radius 3 is 2.74 bits per heavy atom. The largest absolute Gasteiger partial charge is 0.357 e. The fourth-order valence-electron chi connectivity index (χ4n) is 1.50. The molecule has 0 spiro atoms. The highest BCUT2D eigenvalue weighted by atomic mass is 127. The number of nitrogens with one attached hydrogen (secondary N) is 2. The van der Waals surface area contributed by atoms with E-state index in [2.05, 4.69) is 41.4 Å². The molecule has 0 aliphatic heterocycles. The van der Waals surface area contributed by atoms with E-state index in [1.54, 1.807) is 6.20 Å². The second kappa shape index (κ2) is 11.1. The fraction of sp³-hybridized carbons (Fsp3) is 0.692. The average Bonchev–Trinajstić information content (AvgIpc) is 2.81. The van der Waals surface area contributed by atoms with Crippen LogP contribution in [0.3, 0.4) is 0 Å². The van der Waals surface area contributed by atoms with E-state index >= 15 is 0 Å². The van der Waals surface area contributed by atoms with Gasteiger partial charge in [-0.05, 0) is 19.3 Å². The molecule has 0 saturated carbocycles. The number of imidazole rings is 1. The van der Waals surface area contributed by atoms with Crippen LogP contribution in [0.25, 0.3) is 0 Å². The maximum absolute atomic E-state index is 4.54. The molecule has 0 fully saturated rings. The van der Waals surface area contributed by atoms with E-state index in [4.69, 9.17) is 0 Å². The van der Waals surface area contributed by atoms with Crippen molar-refractivity contribution in [2.75, 3.05) is 19.6 Å². The molecule has 0 aliphatic carbocycles. The molecule has 0 unspecified atom stereocenters. The van der Waals surface area contributed by atoms with Crippen LogP contribution in [-0.4, -0.2) is 35.1 Å². The summed E-state index contributed by atoms with van der Waals surface area (Å²) in [5.41, 5.74) is 0. The van der Waals surface area contributed by atoms with Crippen molar-refractivity contribution in [2.24, 2.45) is 10.9 Å².